The van der Waals surface area contributed by atoms with Crippen LogP contribution in [0.4, 0.5) is 0 Å². The van der Waals surface area contributed by atoms with Gasteiger partial charge in [-0.3, -0.25) is 9.55 Å². The first-order valence-electron chi connectivity index (χ1n) is 27.7. The van der Waals surface area contributed by atoms with Crippen LogP contribution in [0.2, 0.25) is 0 Å². The minimum atomic E-state index is -3.39. The van der Waals surface area contributed by atoms with Crippen LogP contribution in [-0.2, 0) is 37.3 Å². The van der Waals surface area contributed by atoms with Crippen LogP contribution in [0, 0.1) is 6.07 Å². The molecule has 4 nitrogen and oxygen atoms in total. The molecule has 9 aromatic rings. The van der Waals surface area contributed by atoms with Crippen LogP contribution >= 0.6 is 0 Å². The molecule has 0 aliphatic rings. The number of rotatable bonds is 8. The van der Waals surface area contributed by atoms with Crippen LogP contribution in [0.1, 0.15) is 118 Å². The van der Waals surface area contributed by atoms with Gasteiger partial charge in [-0.25, -0.2) is 4.98 Å². The largest absolute Gasteiger partial charge is 0.507 e. The normalized spacial score (nSPS) is 15.0. The van der Waals surface area contributed by atoms with Crippen LogP contribution in [-0.4, -0.2) is 19.6 Å². The second kappa shape index (κ2) is 18.6. The molecular formula is C63H62N3OPt-. The summed E-state index contributed by atoms with van der Waals surface area (Å²) in [5.74, 6) is -0.340. The molecule has 0 radical (unpaired) electrons. The van der Waals surface area contributed by atoms with Gasteiger partial charge in [0, 0.05) is 57.9 Å². The number of nitrogens with zero attached hydrogens (tertiary/aromatic N) is 3. The van der Waals surface area contributed by atoms with Crippen molar-refractivity contribution in [2.24, 2.45) is 0 Å². The zero-order valence-corrected chi connectivity index (χ0v) is 42.0. The number of phenols is 1. The van der Waals surface area contributed by atoms with Gasteiger partial charge in [0.2, 0.25) is 0 Å². The Bertz CT molecular complexity index is 3620. The molecule has 0 unspecified atom stereocenters. The van der Waals surface area contributed by atoms with Crippen LogP contribution in [0.25, 0.3) is 83.9 Å². The Labute approximate surface area is 432 Å². The molecule has 0 saturated carbocycles. The summed E-state index contributed by atoms with van der Waals surface area (Å²) in [6.45, 7) is 6.38. The average Bonchev–Trinajstić information content (AvgIpc) is 3.93. The molecule has 0 aliphatic carbocycles. The van der Waals surface area contributed by atoms with Gasteiger partial charge in [-0.05, 0) is 97.0 Å². The van der Waals surface area contributed by atoms with Crippen molar-refractivity contribution < 1.29 is 39.9 Å². The molecule has 9 rings (SSSR count). The summed E-state index contributed by atoms with van der Waals surface area (Å²) in [6.07, 6.45) is 1.65. The van der Waals surface area contributed by atoms with E-state index in [9.17, 15) is 6.48 Å². The van der Waals surface area contributed by atoms with Crippen molar-refractivity contribution in [3.63, 3.8) is 0 Å². The van der Waals surface area contributed by atoms with Crippen LogP contribution < -0.4 is 0 Å². The number of fused-ring (bicyclic) bond motifs is 1. The molecule has 2 heterocycles. The van der Waals surface area contributed by atoms with Gasteiger partial charge in [-0.15, -0.1) is 23.8 Å². The molecule has 0 atom stereocenters. The van der Waals surface area contributed by atoms with E-state index in [1.165, 1.54) is 12.1 Å². The zero-order valence-electron chi connectivity index (χ0n) is 49.7. The number of pyridine rings is 1. The minimum Gasteiger partial charge on any atom is -0.507 e. The molecule has 0 spiro atoms. The number of hydrogen-bond donors (Lipinski definition) is 1. The predicted molar refractivity (Wildman–Crippen MR) is 282 cm³/mol. The number of aromatic nitrogens is 3. The van der Waals surface area contributed by atoms with Crippen LogP contribution in [0.5, 0.6) is 5.75 Å². The molecule has 346 valence electrons. The second-order valence-electron chi connectivity index (χ2n) is 19.8. The third-order valence-electron chi connectivity index (χ3n) is 12.5. The summed E-state index contributed by atoms with van der Waals surface area (Å²) < 4.78 is 85.6. The molecule has 5 heteroatoms. The third-order valence-corrected chi connectivity index (χ3v) is 12.5. The fourth-order valence-electron chi connectivity index (χ4n) is 8.84. The second-order valence-corrected chi connectivity index (χ2v) is 19.8. The van der Waals surface area contributed by atoms with E-state index < -0.39 is 37.3 Å². The SMILES string of the molecule is [2H]C(C)(C)c1cc(-n2c(-c3cc(C(C)(C)C)cc(C(C)(C)C)c3O)nc3c(-c4[c-]c(-c5cc(-c6ccc(C(C([2H])([2H])[2H])(C([2H])([2H])[2H])C([2H])([2H])[2H])cc6)ccn5)cc(-c5ccccc5)c4)cccc32)ccc1-c1ccccc1.[Pt]. The molecule has 7 aromatic carbocycles. The first kappa shape index (κ1) is 36.7. The third kappa shape index (κ3) is 9.54. The van der Waals surface area contributed by atoms with E-state index in [-0.39, 0.29) is 37.8 Å². The van der Waals surface area contributed by atoms with Crippen LogP contribution in [0.3, 0.4) is 0 Å². The average molecular weight is 1080 g/mol. The number of phenolic OH excluding ortho intramolecular Hbond substituents is 1. The van der Waals surface area contributed by atoms with Gasteiger partial charge in [-0.2, -0.15) is 0 Å². The Kier molecular flexibility index (Phi) is 10.0. The summed E-state index contributed by atoms with van der Waals surface area (Å²) in [5, 5.41) is 12.5. The van der Waals surface area contributed by atoms with Crippen molar-refractivity contribution >= 4 is 11.0 Å². The summed E-state index contributed by atoms with van der Waals surface area (Å²) in [7, 11) is 0. The Hall–Kier alpha value is -6.35. The first-order chi connectivity index (χ1) is 35.9. The molecule has 0 aliphatic heterocycles. The maximum atomic E-state index is 12.5. The molecule has 0 fully saturated rings. The minimum absolute atomic E-state index is 0. The van der Waals surface area contributed by atoms with E-state index in [4.69, 9.17) is 22.3 Å². The molecule has 1 N–H and O–H groups in total. The Morgan fingerprint density at radius 1 is 0.574 bits per heavy atom. The van der Waals surface area contributed by atoms with E-state index in [1.807, 2.05) is 98.8 Å². The molecule has 2 aromatic heterocycles. The summed E-state index contributed by atoms with van der Waals surface area (Å²) in [6, 6.07) is 53.5. The zero-order chi connectivity index (χ0) is 55.8. The first-order valence-corrected chi connectivity index (χ1v) is 22.7. The van der Waals surface area contributed by atoms with Gasteiger partial charge < -0.3 is 5.11 Å². The summed E-state index contributed by atoms with van der Waals surface area (Å²) >= 11 is 0. The van der Waals surface area contributed by atoms with Crippen molar-refractivity contribution in [1.29, 1.82) is 0 Å². The number of hydrogen-bond acceptors (Lipinski definition) is 3. The molecular weight excluding hydrogens is 1010 g/mol. The fourth-order valence-corrected chi connectivity index (χ4v) is 8.84. The van der Waals surface area contributed by atoms with Gasteiger partial charge >= 0.3 is 0 Å². The van der Waals surface area contributed by atoms with Gasteiger partial charge in [0.15, 0.2) is 0 Å². The Morgan fingerprint density at radius 3 is 1.88 bits per heavy atom. The fraction of sp³-hybridized carbons (Fsp3) is 0.238. The smallest absolute Gasteiger partial charge is 0.148 e. The van der Waals surface area contributed by atoms with Crippen molar-refractivity contribution in [2.45, 2.75) is 98.1 Å². The van der Waals surface area contributed by atoms with Crippen molar-refractivity contribution in [2.75, 3.05) is 0 Å². The van der Waals surface area contributed by atoms with E-state index in [0.29, 0.717) is 44.9 Å². The Morgan fingerprint density at radius 2 is 1.24 bits per heavy atom. The predicted octanol–water partition coefficient (Wildman–Crippen LogP) is 16.9. The maximum Gasteiger partial charge on any atom is 0.148 e. The molecule has 0 amide bonds. The standard InChI is InChI=1S/C63H62N3O.Pt/c1-40(2)53-39-50(29-30-51(53)43-21-16-13-17-22-43)66-57-24-18-23-52(58(57)65-60(66)54-37-49(62(6,7)8)38-55(59(54)67)63(9,10)11)46-33-45(41-19-14-12-15-20-41)34-47(35-46)56-36-44(31-32-64-56)42-25-27-48(28-26-42)61(3,4)5;/h12-34,36-40,67H,1-11H3;/q-1;/i3D3,4D3,5D3,40D;. The summed E-state index contributed by atoms with van der Waals surface area (Å²) in [5.41, 5.74) is 8.91. The maximum absolute atomic E-state index is 12.5. The topological polar surface area (TPSA) is 50.9 Å². The quantitative estimate of drug-likeness (QED) is 0.154. The molecule has 68 heavy (non-hydrogen) atoms. The van der Waals surface area contributed by atoms with Crippen molar-refractivity contribution in [1.82, 2.24) is 14.5 Å². The number of para-hydroxylation sites is 1. The summed E-state index contributed by atoms with van der Waals surface area (Å²) in [4.78, 5) is 10.4. The van der Waals surface area contributed by atoms with Gasteiger partial charge in [0.05, 0.1) is 16.6 Å². The molecule has 0 bridgehead atoms. The van der Waals surface area contributed by atoms with Crippen molar-refractivity contribution in [3.8, 4) is 78.6 Å². The van der Waals surface area contributed by atoms with Crippen molar-refractivity contribution in [3.05, 3.63) is 192 Å². The van der Waals surface area contributed by atoms with Gasteiger partial charge in [-0.1, -0.05) is 208 Å². The Balaban J connectivity index is 0.00000803. The van der Waals surface area contributed by atoms with Gasteiger partial charge in [0.25, 0.3) is 0 Å². The monoisotopic (exact) mass is 1080 g/mol. The number of imidazole rings is 1. The van der Waals surface area contributed by atoms with E-state index in [2.05, 4.69) is 94.6 Å². The number of benzene rings is 7. The van der Waals surface area contributed by atoms with E-state index in [0.717, 1.165) is 55.7 Å². The van der Waals surface area contributed by atoms with E-state index in [1.54, 1.807) is 24.4 Å². The van der Waals surface area contributed by atoms with Crippen LogP contribution in [0.15, 0.2) is 164 Å². The molecule has 0 saturated heterocycles. The van der Waals surface area contributed by atoms with Gasteiger partial charge in [0.1, 0.15) is 11.6 Å². The van der Waals surface area contributed by atoms with E-state index >= 15 is 0 Å². The number of aromatic hydroxyl groups is 1.